The fourth-order valence-electron chi connectivity index (χ4n) is 1.69. The molecule has 0 aromatic carbocycles. The molecule has 0 aliphatic carbocycles. The number of hydrogen-bond acceptors (Lipinski definition) is 3. The fourth-order valence-corrected chi connectivity index (χ4v) is 4.83. The van der Waals surface area contributed by atoms with E-state index in [0.717, 1.165) is 5.75 Å². The molecular formula is C12H13BrOS2. The van der Waals surface area contributed by atoms with Gasteiger partial charge in [0.15, 0.2) is 0 Å². The van der Waals surface area contributed by atoms with Crippen LogP contribution < -0.4 is 4.74 Å². The Bertz CT molecular complexity index is 487. The van der Waals surface area contributed by atoms with E-state index in [4.69, 9.17) is 4.74 Å². The molecule has 0 bridgehead atoms. The van der Waals surface area contributed by atoms with E-state index in [2.05, 4.69) is 41.2 Å². The van der Waals surface area contributed by atoms with Crippen LogP contribution in [0.25, 0.3) is 0 Å². The Morgan fingerprint density at radius 1 is 1.31 bits per heavy atom. The number of hydrogen-bond donors (Lipinski definition) is 0. The third-order valence-electron chi connectivity index (χ3n) is 2.42. The van der Waals surface area contributed by atoms with Crippen molar-refractivity contribution in [2.24, 2.45) is 0 Å². The topological polar surface area (TPSA) is 9.23 Å². The molecule has 0 aliphatic rings. The number of methoxy groups -OCH3 is 1. The molecule has 1 atom stereocenters. The summed E-state index contributed by atoms with van der Waals surface area (Å²) in [6.45, 7) is 4.31. The quantitative estimate of drug-likeness (QED) is 0.730. The van der Waals surface area contributed by atoms with Gasteiger partial charge >= 0.3 is 0 Å². The zero-order valence-electron chi connectivity index (χ0n) is 9.41. The third kappa shape index (κ3) is 2.19. The van der Waals surface area contributed by atoms with Crippen molar-refractivity contribution in [1.29, 1.82) is 0 Å². The van der Waals surface area contributed by atoms with Crippen LogP contribution in [0.5, 0.6) is 5.75 Å². The lowest BCUT2D eigenvalue weighted by atomic mass is 10.2. The molecule has 2 aromatic rings. The number of alkyl halides is 1. The smallest absolute Gasteiger partial charge is 0.134 e. The molecule has 0 amide bonds. The highest BCUT2D eigenvalue weighted by Gasteiger charge is 2.20. The van der Waals surface area contributed by atoms with Gasteiger partial charge in [-0.3, -0.25) is 0 Å². The largest absolute Gasteiger partial charge is 0.496 e. The highest BCUT2D eigenvalue weighted by Crippen LogP contribution is 2.43. The van der Waals surface area contributed by atoms with Gasteiger partial charge in [-0.25, -0.2) is 0 Å². The number of rotatable bonds is 3. The summed E-state index contributed by atoms with van der Waals surface area (Å²) in [6.07, 6.45) is 0. The number of ether oxygens (including phenoxy) is 1. The van der Waals surface area contributed by atoms with Gasteiger partial charge in [0.2, 0.25) is 0 Å². The van der Waals surface area contributed by atoms with Crippen LogP contribution in [-0.4, -0.2) is 7.11 Å². The Morgan fingerprint density at radius 2 is 2.06 bits per heavy atom. The first-order chi connectivity index (χ1) is 7.63. The van der Waals surface area contributed by atoms with Gasteiger partial charge in [-0.2, -0.15) is 0 Å². The van der Waals surface area contributed by atoms with Gasteiger partial charge in [0.1, 0.15) is 5.75 Å². The van der Waals surface area contributed by atoms with Crippen molar-refractivity contribution in [2.75, 3.05) is 7.11 Å². The van der Waals surface area contributed by atoms with Crippen molar-refractivity contribution in [3.8, 4) is 5.75 Å². The second-order valence-electron chi connectivity index (χ2n) is 3.62. The Hall–Kier alpha value is -0.320. The molecule has 86 valence electrons. The lowest BCUT2D eigenvalue weighted by Gasteiger charge is -2.09. The number of halogens is 1. The predicted octanol–water partition coefficient (Wildman–Crippen LogP) is 4.92. The highest BCUT2D eigenvalue weighted by molar-refractivity contribution is 9.09. The molecule has 1 nitrogen and oxygen atoms in total. The van der Waals surface area contributed by atoms with Gasteiger partial charge in [-0.1, -0.05) is 15.9 Å². The van der Waals surface area contributed by atoms with E-state index in [1.807, 2.05) is 17.4 Å². The normalized spacial score (nSPS) is 12.8. The molecule has 2 rings (SSSR count). The molecule has 0 spiro atoms. The summed E-state index contributed by atoms with van der Waals surface area (Å²) in [7, 11) is 1.72. The van der Waals surface area contributed by atoms with Crippen LogP contribution in [0.1, 0.15) is 25.0 Å². The summed E-state index contributed by atoms with van der Waals surface area (Å²) in [5.41, 5.74) is 1.35. The molecule has 0 fully saturated rings. The average molecular weight is 317 g/mol. The number of thiophene rings is 2. The Kier molecular flexibility index (Phi) is 3.72. The molecule has 4 heteroatoms. The van der Waals surface area contributed by atoms with Gasteiger partial charge in [0.05, 0.1) is 16.8 Å². The van der Waals surface area contributed by atoms with E-state index in [1.54, 1.807) is 18.4 Å². The van der Waals surface area contributed by atoms with Crippen molar-refractivity contribution in [1.82, 2.24) is 0 Å². The Balaban J connectivity index is 2.38. The molecular weight excluding hydrogens is 304 g/mol. The monoisotopic (exact) mass is 316 g/mol. The van der Waals surface area contributed by atoms with Crippen LogP contribution in [0.15, 0.2) is 17.5 Å². The van der Waals surface area contributed by atoms with E-state index in [9.17, 15) is 0 Å². The van der Waals surface area contributed by atoms with Crippen molar-refractivity contribution >= 4 is 38.6 Å². The van der Waals surface area contributed by atoms with Gasteiger partial charge in [-0.15, -0.1) is 22.7 Å². The highest BCUT2D eigenvalue weighted by atomic mass is 79.9. The van der Waals surface area contributed by atoms with Crippen LogP contribution in [-0.2, 0) is 0 Å². The first-order valence-corrected chi connectivity index (χ1v) is 7.57. The third-order valence-corrected chi connectivity index (χ3v) is 6.12. The summed E-state index contributed by atoms with van der Waals surface area (Å²) in [5.74, 6) is 0.970. The van der Waals surface area contributed by atoms with E-state index in [0.29, 0.717) is 0 Å². The standard InChI is InChI=1S/C12H13BrOS2/c1-7-6-8(2)16-11(7)10(13)12-9(14-3)4-5-15-12/h4-6,10H,1-3H3. The molecule has 0 saturated heterocycles. The van der Waals surface area contributed by atoms with Crippen molar-refractivity contribution in [3.05, 3.63) is 37.7 Å². The van der Waals surface area contributed by atoms with Gasteiger partial charge < -0.3 is 4.74 Å². The molecule has 2 heterocycles. The van der Waals surface area contributed by atoms with Crippen LogP contribution in [0, 0.1) is 13.8 Å². The maximum Gasteiger partial charge on any atom is 0.134 e. The van der Waals surface area contributed by atoms with Gasteiger partial charge in [-0.05, 0) is 36.9 Å². The minimum Gasteiger partial charge on any atom is -0.496 e. The molecule has 1 unspecified atom stereocenters. The molecule has 0 N–H and O–H groups in total. The van der Waals surface area contributed by atoms with Crippen molar-refractivity contribution in [3.63, 3.8) is 0 Å². The summed E-state index contributed by atoms with van der Waals surface area (Å²) in [5, 5.41) is 2.07. The van der Waals surface area contributed by atoms with Crippen LogP contribution in [0.3, 0.4) is 0 Å². The summed E-state index contributed by atoms with van der Waals surface area (Å²) in [6, 6.07) is 4.25. The predicted molar refractivity (Wildman–Crippen MR) is 75.4 cm³/mol. The average Bonchev–Trinajstić information content (AvgIpc) is 2.83. The van der Waals surface area contributed by atoms with Crippen LogP contribution >= 0.6 is 38.6 Å². The van der Waals surface area contributed by atoms with E-state index < -0.39 is 0 Å². The minimum atomic E-state index is 0.251. The van der Waals surface area contributed by atoms with Gasteiger partial charge in [0, 0.05) is 9.75 Å². The first kappa shape index (κ1) is 12.1. The molecule has 0 radical (unpaired) electrons. The SMILES string of the molecule is COc1ccsc1C(Br)c1sc(C)cc1C. The van der Waals surface area contributed by atoms with E-state index in [1.165, 1.54) is 20.2 Å². The summed E-state index contributed by atoms with van der Waals surface area (Å²) >= 11 is 7.34. The van der Waals surface area contributed by atoms with Crippen LogP contribution in [0.2, 0.25) is 0 Å². The van der Waals surface area contributed by atoms with Gasteiger partial charge in [0.25, 0.3) is 0 Å². The zero-order chi connectivity index (χ0) is 11.7. The second-order valence-corrected chi connectivity index (χ2v) is 6.77. The van der Waals surface area contributed by atoms with E-state index >= 15 is 0 Å². The maximum atomic E-state index is 5.36. The summed E-state index contributed by atoms with van der Waals surface area (Å²) < 4.78 is 5.36. The van der Waals surface area contributed by atoms with Crippen molar-refractivity contribution < 1.29 is 4.74 Å². The van der Waals surface area contributed by atoms with Crippen LogP contribution in [0.4, 0.5) is 0 Å². The minimum absolute atomic E-state index is 0.251. The second kappa shape index (κ2) is 4.90. The van der Waals surface area contributed by atoms with E-state index in [-0.39, 0.29) is 4.83 Å². The molecule has 0 aliphatic heterocycles. The molecule has 2 aromatic heterocycles. The molecule has 16 heavy (non-hydrogen) atoms. The lowest BCUT2D eigenvalue weighted by Crippen LogP contribution is -1.91. The van der Waals surface area contributed by atoms with Crippen molar-refractivity contribution in [2.45, 2.75) is 18.7 Å². The lowest BCUT2D eigenvalue weighted by molar-refractivity contribution is 0.413. The fraction of sp³-hybridized carbons (Fsp3) is 0.333. The summed E-state index contributed by atoms with van der Waals surface area (Å²) in [4.78, 5) is 4.22. The zero-order valence-corrected chi connectivity index (χ0v) is 12.6. The maximum absolute atomic E-state index is 5.36. The first-order valence-electron chi connectivity index (χ1n) is 4.96. The Morgan fingerprint density at radius 3 is 2.62 bits per heavy atom. The number of aryl methyl sites for hydroxylation is 2. The Labute approximate surface area is 112 Å². The molecule has 0 saturated carbocycles.